The standard InChI is InChI=1S/C25H24BrN3O/c1-14-7-9-15(10-8-14)23-22-20(16-5-4-6-17(26)11-16)21-18(27-24(22)29-28-23)12-25(2,3)13-19(21)30/h4-11,20H,12-13H2,1-3H3,(H2,27,28,29)/t20-/m1/s1. The molecule has 5 rings (SSSR count). The maximum atomic E-state index is 13.4. The highest BCUT2D eigenvalue weighted by Gasteiger charge is 2.42. The number of hydrogen-bond donors (Lipinski definition) is 2. The lowest BCUT2D eigenvalue weighted by molar-refractivity contribution is -0.118. The highest BCUT2D eigenvalue weighted by atomic mass is 79.9. The molecule has 0 saturated carbocycles. The minimum absolute atomic E-state index is 0.0572. The Bertz CT molecular complexity index is 1190. The molecule has 2 aliphatic rings. The SMILES string of the molecule is Cc1ccc(-c2[nH]nc3c2[C@H](c2cccc(Br)c2)C2=C(CC(C)(C)CC2=O)N3)cc1. The van der Waals surface area contributed by atoms with Crippen molar-refractivity contribution in [2.45, 2.75) is 39.5 Å². The minimum Gasteiger partial charge on any atom is -0.342 e. The van der Waals surface area contributed by atoms with Crippen molar-refractivity contribution in [3.8, 4) is 11.3 Å². The van der Waals surface area contributed by atoms with E-state index in [0.717, 1.165) is 50.4 Å². The minimum atomic E-state index is -0.146. The lowest BCUT2D eigenvalue weighted by atomic mass is 9.69. The number of fused-ring (bicyclic) bond motifs is 1. The van der Waals surface area contributed by atoms with Gasteiger partial charge in [-0.2, -0.15) is 5.10 Å². The number of nitrogens with one attached hydrogen (secondary N) is 2. The summed E-state index contributed by atoms with van der Waals surface area (Å²) in [6.45, 7) is 6.39. The summed E-state index contributed by atoms with van der Waals surface area (Å²) in [4.78, 5) is 13.4. The molecule has 0 bridgehead atoms. The zero-order chi connectivity index (χ0) is 21.0. The van der Waals surface area contributed by atoms with Crippen LogP contribution in [0.5, 0.6) is 0 Å². The van der Waals surface area contributed by atoms with Gasteiger partial charge in [-0.15, -0.1) is 0 Å². The van der Waals surface area contributed by atoms with Gasteiger partial charge in [0.15, 0.2) is 11.6 Å². The van der Waals surface area contributed by atoms with Crippen LogP contribution in [0.15, 0.2) is 64.3 Å². The van der Waals surface area contributed by atoms with E-state index in [-0.39, 0.29) is 17.1 Å². The molecule has 4 nitrogen and oxygen atoms in total. The Morgan fingerprint density at radius 2 is 1.87 bits per heavy atom. The summed E-state index contributed by atoms with van der Waals surface area (Å²) < 4.78 is 1.01. The first-order valence-electron chi connectivity index (χ1n) is 10.3. The highest BCUT2D eigenvalue weighted by molar-refractivity contribution is 9.10. The first-order chi connectivity index (χ1) is 14.3. The zero-order valence-corrected chi connectivity index (χ0v) is 18.9. The predicted octanol–water partition coefficient (Wildman–Crippen LogP) is 6.35. The van der Waals surface area contributed by atoms with Crippen LogP contribution in [0.4, 0.5) is 5.82 Å². The van der Waals surface area contributed by atoms with Gasteiger partial charge in [-0.1, -0.05) is 71.7 Å². The molecular weight excluding hydrogens is 438 g/mol. The van der Waals surface area contributed by atoms with Crippen LogP contribution in [0.25, 0.3) is 11.3 Å². The Kier molecular flexibility index (Phi) is 4.47. The molecule has 3 aromatic rings. The molecular formula is C25H24BrN3O. The molecule has 0 amide bonds. The molecule has 0 fully saturated rings. The Hall–Kier alpha value is -2.66. The lowest BCUT2D eigenvalue weighted by Gasteiger charge is -2.38. The summed E-state index contributed by atoms with van der Waals surface area (Å²) in [7, 11) is 0. The van der Waals surface area contributed by atoms with Crippen molar-refractivity contribution in [3.05, 3.63) is 81.0 Å². The third-order valence-corrected chi connectivity index (χ3v) is 6.59. The molecule has 0 radical (unpaired) electrons. The second-order valence-electron chi connectivity index (χ2n) is 9.17. The van der Waals surface area contributed by atoms with Crippen LogP contribution in [0.1, 0.15) is 49.3 Å². The maximum Gasteiger partial charge on any atom is 0.162 e. The number of allylic oxidation sites excluding steroid dienone is 2. The number of benzene rings is 2. The average Bonchev–Trinajstić information content (AvgIpc) is 3.09. The highest BCUT2D eigenvalue weighted by Crippen LogP contribution is 2.51. The molecule has 0 spiro atoms. The van der Waals surface area contributed by atoms with Crippen molar-refractivity contribution in [1.82, 2.24) is 10.2 Å². The smallest absolute Gasteiger partial charge is 0.162 e. The summed E-state index contributed by atoms with van der Waals surface area (Å²) in [5.74, 6) is 0.896. The number of aryl methyl sites for hydroxylation is 1. The number of nitrogens with zero attached hydrogens (tertiary/aromatic N) is 1. The number of aromatic nitrogens is 2. The van der Waals surface area contributed by atoms with E-state index in [1.54, 1.807) is 0 Å². The summed E-state index contributed by atoms with van der Waals surface area (Å²) in [5.41, 5.74) is 7.23. The van der Waals surface area contributed by atoms with E-state index in [1.165, 1.54) is 5.56 Å². The summed E-state index contributed by atoms with van der Waals surface area (Å²) in [5, 5.41) is 11.4. The molecule has 30 heavy (non-hydrogen) atoms. The van der Waals surface area contributed by atoms with Crippen LogP contribution in [-0.2, 0) is 4.79 Å². The molecule has 0 unspecified atom stereocenters. The Labute approximate surface area is 184 Å². The van der Waals surface area contributed by atoms with Crippen LogP contribution in [-0.4, -0.2) is 16.0 Å². The first-order valence-corrected chi connectivity index (χ1v) is 11.1. The number of hydrogen-bond acceptors (Lipinski definition) is 3. The third-order valence-electron chi connectivity index (χ3n) is 6.09. The topological polar surface area (TPSA) is 57.8 Å². The van der Waals surface area contributed by atoms with Gasteiger partial charge in [0.2, 0.25) is 0 Å². The van der Waals surface area contributed by atoms with Crippen LogP contribution < -0.4 is 5.32 Å². The molecule has 2 N–H and O–H groups in total. The van der Waals surface area contributed by atoms with E-state index in [9.17, 15) is 4.79 Å². The Morgan fingerprint density at radius 1 is 1.10 bits per heavy atom. The predicted molar refractivity (Wildman–Crippen MR) is 123 cm³/mol. The van der Waals surface area contributed by atoms with Gasteiger partial charge in [0.25, 0.3) is 0 Å². The molecule has 5 heteroatoms. The fraction of sp³-hybridized carbons (Fsp3) is 0.280. The number of carbonyl (C=O) groups excluding carboxylic acids is 1. The van der Waals surface area contributed by atoms with Crippen molar-refractivity contribution < 1.29 is 4.79 Å². The molecule has 152 valence electrons. The van der Waals surface area contributed by atoms with Crippen molar-refractivity contribution in [1.29, 1.82) is 0 Å². The molecule has 1 aliphatic heterocycles. The number of aromatic amines is 1. The summed E-state index contributed by atoms with van der Waals surface area (Å²) >= 11 is 3.61. The van der Waals surface area contributed by atoms with Gasteiger partial charge < -0.3 is 5.32 Å². The Balaban J connectivity index is 1.74. The summed E-state index contributed by atoms with van der Waals surface area (Å²) in [6.07, 6.45) is 1.40. The van der Waals surface area contributed by atoms with E-state index in [1.807, 2.05) is 12.1 Å². The molecule has 1 atom stereocenters. The second kappa shape index (κ2) is 6.95. The lowest BCUT2D eigenvalue weighted by Crippen LogP contribution is -2.33. The molecule has 1 aromatic heterocycles. The van der Waals surface area contributed by atoms with E-state index in [0.29, 0.717) is 6.42 Å². The van der Waals surface area contributed by atoms with Gasteiger partial charge >= 0.3 is 0 Å². The molecule has 2 aromatic carbocycles. The number of H-pyrrole nitrogens is 1. The number of carbonyl (C=O) groups is 1. The first kappa shape index (κ1) is 19.3. The Morgan fingerprint density at radius 3 is 2.60 bits per heavy atom. The third kappa shape index (κ3) is 3.21. The quantitative estimate of drug-likeness (QED) is 0.467. The molecule has 1 aliphatic carbocycles. The average molecular weight is 462 g/mol. The monoisotopic (exact) mass is 461 g/mol. The number of rotatable bonds is 2. The van der Waals surface area contributed by atoms with Gasteiger partial charge in [-0.05, 0) is 42.0 Å². The van der Waals surface area contributed by atoms with E-state index in [4.69, 9.17) is 0 Å². The van der Waals surface area contributed by atoms with Crippen LogP contribution in [0, 0.1) is 12.3 Å². The second-order valence-corrected chi connectivity index (χ2v) is 10.1. The zero-order valence-electron chi connectivity index (χ0n) is 17.3. The van der Waals surface area contributed by atoms with Crippen molar-refractivity contribution in [2.75, 3.05) is 5.32 Å². The van der Waals surface area contributed by atoms with Crippen LogP contribution >= 0.6 is 15.9 Å². The van der Waals surface area contributed by atoms with Crippen LogP contribution in [0.2, 0.25) is 0 Å². The van der Waals surface area contributed by atoms with Gasteiger partial charge in [0.05, 0.1) is 5.69 Å². The van der Waals surface area contributed by atoms with Crippen molar-refractivity contribution in [3.63, 3.8) is 0 Å². The maximum absolute atomic E-state index is 13.4. The van der Waals surface area contributed by atoms with Gasteiger partial charge in [-0.25, -0.2) is 0 Å². The van der Waals surface area contributed by atoms with E-state index >= 15 is 0 Å². The number of Topliss-reactive ketones (excluding diaryl/α,β-unsaturated/α-hetero) is 1. The fourth-order valence-corrected chi connectivity index (χ4v) is 5.17. The largest absolute Gasteiger partial charge is 0.342 e. The molecule has 2 heterocycles. The van der Waals surface area contributed by atoms with Gasteiger partial charge in [-0.3, -0.25) is 9.89 Å². The number of halogens is 1. The van der Waals surface area contributed by atoms with Crippen molar-refractivity contribution >= 4 is 27.5 Å². The normalized spacial score (nSPS) is 19.9. The summed E-state index contributed by atoms with van der Waals surface area (Å²) in [6, 6.07) is 16.7. The fourth-order valence-electron chi connectivity index (χ4n) is 4.76. The molecule has 0 saturated heterocycles. The van der Waals surface area contributed by atoms with E-state index in [2.05, 4.69) is 88.6 Å². The van der Waals surface area contributed by atoms with Crippen molar-refractivity contribution in [2.24, 2.45) is 5.41 Å². The van der Waals surface area contributed by atoms with Gasteiger partial charge in [0, 0.05) is 33.6 Å². The number of ketones is 1. The van der Waals surface area contributed by atoms with Crippen LogP contribution in [0.3, 0.4) is 0 Å². The number of anilines is 1. The van der Waals surface area contributed by atoms with E-state index < -0.39 is 0 Å². The van der Waals surface area contributed by atoms with Gasteiger partial charge in [0.1, 0.15) is 0 Å².